The van der Waals surface area contributed by atoms with Gasteiger partial charge in [-0.2, -0.15) is 18.3 Å². The highest BCUT2D eigenvalue weighted by molar-refractivity contribution is 5.03. The molecule has 8 heteroatoms. The summed E-state index contributed by atoms with van der Waals surface area (Å²) in [4.78, 5) is 2.47. The molecule has 0 bridgehead atoms. The van der Waals surface area contributed by atoms with E-state index in [9.17, 15) is 13.2 Å². The molecule has 0 fully saturated rings. The molecule has 0 spiro atoms. The van der Waals surface area contributed by atoms with Gasteiger partial charge in [0.05, 0.1) is 0 Å². The summed E-state index contributed by atoms with van der Waals surface area (Å²) in [6.07, 6.45) is -3.24. The number of azide groups is 1. The van der Waals surface area contributed by atoms with Gasteiger partial charge in [-0.3, -0.25) is 4.68 Å². The van der Waals surface area contributed by atoms with E-state index in [1.165, 1.54) is 6.20 Å². The van der Waals surface area contributed by atoms with Gasteiger partial charge in [0.2, 0.25) is 0 Å². The first-order valence-electron chi connectivity index (χ1n) is 3.65. The molecule has 1 rings (SSSR count). The van der Waals surface area contributed by atoms with Crippen molar-refractivity contribution < 1.29 is 13.2 Å². The number of hydrogen-bond acceptors (Lipinski definition) is 2. The molecule has 0 unspecified atom stereocenters. The van der Waals surface area contributed by atoms with Gasteiger partial charge in [-0.15, -0.1) is 0 Å². The van der Waals surface area contributed by atoms with Crippen LogP contribution in [0.1, 0.15) is 5.69 Å². The Hall–Kier alpha value is -1.69. The molecule has 1 heterocycles. The average molecular weight is 205 g/mol. The highest BCUT2D eigenvalue weighted by Crippen LogP contribution is 2.27. The lowest BCUT2D eigenvalue weighted by Crippen LogP contribution is -2.08. The average Bonchev–Trinajstić information content (AvgIpc) is 2.52. The molecule has 14 heavy (non-hydrogen) atoms. The molecule has 0 amide bonds. The van der Waals surface area contributed by atoms with Crippen LogP contribution < -0.4 is 0 Å². The molecule has 76 valence electrons. The quantitative estimate of drug-likeness (QED) is 0.423. The van der Waals surface area contributed by atoms with Crippen molar-refractivity contribution >= 4 is 0 Å². The summed E-state index contributed by atoms with van der Waals surface area (Å²) in [5.41, 5.74) is 6.98. The summed E-state index contributed by atoms with van der Waals surface area (Å²) in [7, 11) is 0. The molecule has 0 radical (unpaired) electrons. The van der Waals surface area contributed by atoms with Crippen LogP contribution in [-0.2, 0) is 12.7 Å². The van der Waals surface area contributed by atoms with Gasteiger partial charge in [0.15, 0.2) is 5.69 Å². The van der Waals surface area contributed by atoms with Crippen LogP contribution in [0.4, 0.5) is 13.2 Å². The maximum Gasteiger partial charge on any atom is 0.435 e. The van der Waals surface area contributed by atoms with Crippen molar-refractivity contribution in [3.8, 4) is 0 Å². The molecule has 0 aliphatic heterocycles. The van der Waals surface area contributed by atoms with Crippen molar-refractivity contribution in [1.82, 2.24) is 9.78 Å². The third kappa shape index (κ3) is 2.67. The summed E-state index contributed by atoms with van der Waals surface area (Å²) in [6, 6.07) is 0.871. The highest BCUT2D eigenvalue weighted by Gasteiger charge is 2.33. The number of halogens is 3. The second-order valence-corrected chi connectivity index (χ2v) is 2.42. The Bertz CT molecular complexity index is 349. The molecule has 5 nitrogen and oxygen atoms in total. The number of nitrogens with zero attached hydrogens (tertiary/aromatic N) is 5. The summed E-state index contributed by atoms with van der Waals surface area (Å²) >= 11 is 0. The normalized spacial score (nSPS) is 11.1. The van der Waals surface area contributed by atoms with Crippen LogP contribution in [0.25, 0.3) is 10.4 Å². The Morgan fingerprint density at radius 3 is 2.79 bits per heavy atom. The van der Waals surface area contributed by atoms with Gasteiger partial charge >= 0.3 is 6.18 Å². The lowest BCUT2D eigenvalue weighted by molar-refractivity contribution is -0.141. The van der Waals surface area contributed by atoms with Crippen molar-refractivity contribution in [3.63, 3.8) is 0 Å². The van der Waals surface area contributed by atoms with Crippen LogP contribution in [-0.4, -0.2) is 16.3 Å². The zero-order valence-corrected chi connectivity index (χ0v) is 6.94. The van der Waals surface area contributed by atoms with Crippen molar-refractivity contribution in [3.05, 3.63) is 28.4 Å². The smallest absolute Gasteiger partial charge is 0.272 e. The molecule has 1 aromatic heterocycles. The molecule has 0 saturated heterocycles. The van der Waals surface area contributed by atoms with E-state index in [1.54, 1.807) is 0 Å². The Kier molecular flexibility index (Phi) is 2.98. The zero-order chi connectivity index (χ0) is 10.6. The van der Waals surface area contributed by atoms with E-state index < -0.39 is 11.9 Å². The first-order valence-corrected chi connectivity index (χ1v) is 3.65. The predicted octanol–water partition coefficient (Wildman–Crippen LogP) is 2.21. The Morgan fingerprint density at radius 2 is 2.29 bits per heavy atom. The lowest BCUT2D eigenvalue weighted by atomic mass is 10.4. The first-order chi connectivity index (χ1) is 6.54. The van der Waals surface area contributed by atoms with Crippen molar-refractivity contribution in [1.29, 1.82) is 0 Å². The predicted molar refractivity (Wildman–Crippen MR) is 41.2 cm³/mol. The molecule has 0 aliphatic carbocycles. The first kappa shape index (κ1) is 10.4. The zero-order valence-electron chi connectivity index (χ0n) is 6.94. The van der Waals surface area contributed by atoms with Crippen LogP contribution in [0.2, 0.25) is 0 Å². The molecule has 0 N–H and O–H groups in total. The van der Waals surface area contributed by atoms with Gasteiger partial charge in [0.1, 0.15) is 0 Å². The molecular formula is C6H6F3N5. The van der Waals surface area contributed by atoms with E-state index in [4.69, 9.17) is 5.53 Å². The monoisotopic (exact) mass is 205 g/mol. The minimum Gasteiger partial charge on any atom is -0.272 e. The van der Waals surface area contributed by atoms with Gasteiger partial charge in [0.25, 0.3) is 0 Å². The lowest BCUT2D eigenvalue weighted by Gasteiger charge is -2.00. The van der Waals surface area contributed by atoms with Crippen LogP contribution in [0.3, 0.4) is 0 Å². The molecule has 1 aromatic rings. The summed E-state index contributed by atoms with van der Waals surface area (Å²) in [5.74, 6) is 0. The fraction of sp³-hybridized carbons (Fsp3) is 0.500. The second kappa shape index (κ2) is 4.01. The van der Waals surface area contributed by atoms with Crippen LogP contribution >= 0.6 is 0 Å². The van der Waals surface area contributed by atoms with E-state index in [1.807, 2.05) is 0 Å². The fourth-order valence-electron chi connectivity index (χ4n) is 0.829. The molecule has 0 atom stereocenters. The highest BCUT2D eigenvalue weighted by atomic mass is 19.4. The van der Waals surface area contributed by atoms with Crippen molar-refractivity contribution in [2.45, 2.75) is 12.7 Å². The third-order valence-corrected chi connectivity index (χ3v) is 1.42. The van der Waals surface area contributed by atoms with Gasteiger partial charge in [-0.25, -0.2) is 0 Å². The van der Waals surface area contributed by atoms with E-state index in [2.05, 4.69) is 15.1 Å². The third-order valence-electron chi connectivity index (χ3n) is 1.42. The van der Waals surface area contributed by atoms with Gasteiger partial charge < -0.3 is 0 Å². The number of hydrogen-bond donors (Lipinski definition) is 0. The van der Waals surface area contributed by atoms with Crippen LogP contribution in [0.5, 0.6) is 0 Å². The second-order valence-electron chi connectivity index (χ2n) is 2.42. The molecule has 0 aliphatic rings. The van der Waals surface area contributed by atoms with Crippen LogP contribution in [0.15, 0.2) is 17.4 Å². The van der Waals surface area contributed by atoms with E-state index in [-0.39, 0.29) is 13.1 Å². The van der Waals surface area contributed by atoms with Crippen LogP contribution in [0, 0.1) is 0 Å². The molecule has 0 aromatic carbocycles. The largest absolute Gasteiger partial charge is 0.435 e. The van der Waals surface area contributed by atoms with Crippen molar-refractivity contribution in [2.24, 2.45) is 5.11 Å². The Labute approximate surface area is 76.8 Å². The summed E-state index contributed by atoms with van der Waals surface area (Å²) in [5, 5.41) is 6.44. The van der Waals surface area contributed by atoms with Gasteiger partial charge in [0, 0.05) is 24.2 Å². The maximum absolute atomic E-state index is 12.0. The SMILES string of the molecule is [N-]=[N+]=NCCn1ccc(C(F)(F)F)n1. The number of alkyl halides is 3. The maximum atomic E-state index is 12.0. The Balaban J connectivity index is 2.64. The minimum atomic E-state index is -4.43. The summed E-state index contributed by atoms with van der Waals surface area (Å²) in [6.45, 7) is 0.218. The molecule has 0 saturated carbocycles. The topological polar surface area (TPSA) is 66.6 Å². The summed E-state index contributed by atoms with van der Waals surface area (Å²) < 4.78 is 37.2. The van der Waals surface area contributed by atoms with Gasteiger partial charge in [-0.05, 0) is 11.6 Å². The molecular weight excluding hydrogens is 199 g/mol. The fourth-order valence-corrected chi connectivity index (χ4v) is 0.829. The van der Waals surface area contributed by atoms with E-state index >= 15 is 0 Å². The van der Waals surface area contributed by atoms with E-state index in [0.717, 1.165) is 10.7 Å². The van der Waals surface area contributed by atoms with Gasteiger partial charge in [-0.1, -0.05) is 5.11 Å². The standard InChI is InChI=1S/C6H6F3N5/c7-6(8,9)5-1-3-14(12-5)4-2-11-13-10/h1,3H,2,4H2. The Morgan fingerprint density at radius 1 is 1.57 bits per heavy atom. The minimum absolute atomic E-state index is 0.0788. The van der Waals surface area contributed by atoms with E-state index in [0.29, 0.717) is 0 Å². The van der Waals surface area contributed by atoms with Crippen molar-refractivity contribution in [2.75, 3.05) is 6.54 Å². The number of aromatic nitrogens is 2. The number of rotatable bonds is 3.